The lowest BCUT2D eigenvalue weighted by Gasteiger charge is -2.28. The molecule has 0 radical (unpaired) electrons. The van der Waals surface area contributed by atoms with E-state index in [-0.39, 0.29) is 17.8 Å². The Morgan fingerprint density at radius 1 is 1.03 bits per heavy atom. The van der Waals surface area contributed by atoms with Crippen molar-refractivity contribution >= 4 is 5.91 Å². The van der Waals surface area contributed by atoms with Crippen LogP contribution in [0.4, 0.5) is 4.39 Å². The smallest absolute Gasteiger partial charge is 0.276 e. The van der Waals surface area contributed by atoms with Gasteiger partial charge in [-0.15, -0.1) is 5.10 Å². The summed E-state index contributed by atoms with van der Waals surface area (Å²) in [6, 6.07) is 16.7. The number of hydrogen-bond acceptors (Lipinski definition) is 3. The van der Waals surface area contributed by atoms with E-state index in [2.05, 4.69) is 10.3 Å². The summed E-state index contributed by atoms with van der Waals surface area (Å²) >= 11 is 0. The van der Waals surface area contributed by atoms with E-state index in [9.17, 15) is 9.18 Å². The van der Waals surface area contributed by atoms with Gasteiger partial charge < -0.3 is 4.90 Å². The van der Waals surface area contributed by atoms with Crippen LogP contribution in [0.5, 0.6) is 0 Å². The molecule has 3 aromatic rings. The molecule has 4 rings (SSSR count). The van der Waals surface area contributed by atoms with Crippen molar-refractivity contribution in [1.82, 2.24) is 19.9 Å². The third-order valence-electron chi connectivity index (χ3n) is 5.53. The van der Waals surface area contributed by atoms with Gasteiger partial charge in [0, 0.05) is 12.6 Å². The predicted octanol–water partition coefficient (Wildman–Crippen LogP) is 4.09. The van der Waals surface area contributed by atoms with Crippen LogP contribution in [0.2, 0.25) is 0 Å². The molecule has 150 valence electrons. The summed E-state index contributed by atoms with van der Waals surface area (Å²) in [6.07, 6.45) is 6.76. The Kier molecular flexibility index (Phi) is 5.98. The van der Waals surface area contributed by atoms with Crippen molar-refractivity contribution < 1.29 is 9.18 Å². The summed E-state index contributed by atoms with van der Waals surface area (Å²) in [5.41, 5.74) is 2.52. The van der Waals surface area contributed by atoms with Gasteiger partial charge in [-0.2, -0.15) is 0 Å². The van der Waals surface area contributed by atoms with Crippen molar-refractivity contribution in [3.63, 3.8) is 0 Å². The van der Waals surface area contributed by atoms with Crippen LogP contribution < -0.4 is 0 Å². The van der Waals surface area contributed by atoms with Crippen LogP contribution in [0.15, 0.2) is 60.8 Å². The van der Waals surface area contributed by atoms with Gasteiger partial charge in [0.2, 0.25) is 0 Å². The van der Waals surface area contributed by atoms with Crippen LogP contribution in [0.1, 0.15) is 47.3 Å². The fourth-order valence-corrected chi connectivity index (χ4v) is 3.96. The number of amides is 1. The summed E-state index contributed by atoms with van der Waals surface area (Å²) in [5, 5.41) is 8.29. The molecule has 1 saturated carbocycles. The fourth-order valence-electron chi connectivity index (χ4n) is 3.96. The lowest BCUT2D eigenvalue weighted by Crippen LogP contribution is -2.40. The van der Waals surface area contributed by atoms with Gasteiger partial charge >= 0.3 is 0 Å². The van der Waals surface area contributed by atoms with Crippen LogP contribution in [-0.4, -0.2) is 38.4 Å². The van der Waals surface area contributed by atoms with Crippen molar-refractivity contribution in [1.29, 1.82) is 0 Å². The fraction of sp³-hybridized carbons (Fsp3) is 0.348. The summed E-state index contributed by atoms with van der Waals surface area (Å²) < 4.78 is 14.9. The second-order valence-corrected chi connectivity index (χ2v) is 7.60. The van der Waals surface area contributed by atoms with Crippen LogP contribution in [-0.2, 0) is 13.0 Å². The first-order chi connectivity index (χ1) is 14.2. The number of nitrogens with zero attached hydrogens (tertiary/aromatic N) is 4. The average Bonchev–Trinajstić information content (AvgIpc) is 3.43. The van der Waals surface area contributed by atoms with Crippen molar-refractivity contribution in [2.24, 2.45) is 0 Å². The van der Waals surface area contributed by atoms with Gasteiger partial charge in [0.05, 0.1) is 12.7 Å². The van der Waals surface area contributed by atoms with Crippen molar-refractivity contribution in [2.75, 3.05) is 6.54 Å². The lowest BCUT2D eigenvalue weighted by atomic mass is 10.1. The highest BCUT2D eigenvalue weighted by Crippen LogP contribution is 2.25. The molecule has 0 bridgehead atoms. The van der Waals surface area contributed by atoms with Gasteiger partial charge in [-0.3, -0.25) is 4.79 Å². The van der Waals surface area contributed by atoms with Crippen molar-refractivity contribution in [2.45, 2.75) is 44.7 Å². The quantitative estimate of drug-likeness (QED) is 0.608. The van der Waals surface area contributed by atoms with Gasteiger partial charge in [0.1, 0.15) is 5.82 Å². The number of hydrogen-bond donors (Lipinski definition) is 0. The Labute approximate surface area is 170 Å². The lowest BCUT2D eigenvalue weighted by molar-refractivity contribution is 0.0678. The zero-order valence-electron chi connectivity index (χ0n) is 16.4. The van der Waals surface area contributed by atoms with E-state index in [0.29, 0.717) is 25.2 Å². The molecule has 1 aliphatic rings. The van der Waals surface area contributed by atoms with E-state index in [1.165, 1.54) is 12.1 Å². The van der Waals surface area contributed by atoms with E-state index in [0.717, 1.165) is 36.8 Å². The highest BCUT2D eigenvalue weighted by Gasteiger charge is 2.28. The molecule has 0 saturated heterocycles. The largest absolute Gasteiger partial charge is 0.334 e. The van der Waals surface area contributed by atoms with Crippen LogP contribution in [0, 0.1) is 5.82 Å². The Morgan fingerprint density at radius 3 is 2.48 bits per heavy atom. The molecule has 29 heavy (non-hydrogen) atoms. The molecule has 5 nitrogen and oxygen atoms in total. The molecule has 0 spiro atoms. The molecule has 1 aliphatic carbocycles. The first-order valence-electron chi connectivity index (χ1n) is 10.2. The van der Waals surface area contributed by atoms with Gasteiger partial charge in [-0.1, -0.05) is 60.5 Å². The summed E-state index contributed by atoms with van der Waals surface area (Å²) in [7, 11) is 0. The number of rotatable bonds is 7. The Balaban J connectivity index is 1.46. The zero-order chi connectivity index (χ0) is 20.1. The minimum Gasteiger partial charge on any atom is -0.334 e. The van der Waals surface area contributed by atoms with Gasteiger partial charge in [-0.25, -0.2) is 9.07 Å². The van der Waals surface area contributed by atoms with Crippen LogP contribution in [0.25, 0.3) is 0 Å². The first-order valence-corrected chi connectivity index (χ1v) is 10.2. The van der Waals surface area contributed by atoms with E-state index in [1.54, 1.807) is 23.0 Å². The third kappa shape index (κ3) is 4.88. The molecule has 0 N–H and O–H groups in total. The third-order valence-corrected chi connectivity index (χ3v) is 5.53. The maximum Gasteiger partial charge on any atom is 0.276 e. The molecule has 0 unspecified atom stereocenters. The Morgan fingerprint density at radius 2 is 1.76 bits per heavy atom. The minimum atomic E-state index is -0.243. The molecule has 1 heterocycles. The van der Waals surface area contributed by atoms with Gasteiger partial charge in [-0.05, 0) is 42.5 Å². The zero-order valence-corrected chi connectivity index (χ0v) is 16.4. The molecule has 0 aliphatic heterocycles. The highest BCUT2D eigenvalue weighted by atomic mass is 19.1. The number of carbonyl (C=O) groups is 1. The molecule has 2 aromatic carbocycles. The maximum absolute atomic E-state index is 13.2. The SMILES string of the molecule is O=C(c1cn(Cc2ccccc2)nn1)N(CCc1ccc(F)cc1)C1CCCC1. The van der Waals surface area contributed by atoms with E-state index in [4.69, 9.17) is 0 Å². The molecular weight excluding hydrogens is 367 g/mol. The molecule has 0 atom stereocenters. The second kappa shape index (κ2) is 8.99. The molecule has 6 heteroatoms. The van der Waals surface area contributed by atoms with E-state index >= 15 is 0 Å². The van der Waals surface area contributed by atoms with Crippen molar-refractivity contribution in [3.8, 4) is 0 Å². The highest BCUT2D eigenvalue weighted by molar-refractivity contribution is 5.92. The number of halogens is 1. The summed E-state index contributed by atoms with van der Waals surface area (Å²) in [4.78, 5) is 15.2. The Bertz CT molecular complexity index is 933. The Hall–Kier alpha value is -3.02. The molecular formula is C23H25FN4O. The first kappa shape index (κ1) is 19.3. The minimum absolute atomic E-state index is 0.0710. The summed E-state index contributed by atoms with van der Waals surface area (Å²) in [6.45, 7) is 1.18. The maximum atomic E-state index is 13.2. The molecule has 1 amide bonds. The van der Waals surface area contributed by atoms with Crippen LogP contribution in [0.3, 0.4) is 0 Å². The average molecular weight is 392 g/mol. The number of aromatic nitrogens is 3. The second-order valence-electron chi connectivity index (χ2n) is 7.60. The van der Waals surface area contributed by atoms with Gasteiger partial charge in [0.25, 0.3) is 5.91 Å². The molecule has 1 fully saturated rings. The summed E-state index contributed by atoms with van der Waals surface area (Å²) in [5.74, 6) is -0.314. The topological polar surface area (TPSA) is 51.0 Å². The van der Waals surface area contributed by atoms with Crippen molar-refractivity contribution in [3.05, 3.63) is 83.4 Å². The number of carbonyl (C=O) groups excluding carboxylic acids is 1. The monoisotopic (exact) mass is 392 g/mol. The van der Waals surface area contributed by atoms with Crippen LogP contribution >= 0.6 is 0 Å². The normalized spacial score (nSPS) is 14.2. The van der Waals surface area contributed by atoms with E-state index < -0.39 is 0 Å². The van der Waals surface area contributed by atoms with E-state index in [1.807, 2.05) is 35.2 Å². The number of benzene rings is 2. The molecule has 1 aromatic heterocycles. The standard InChI is InChI=1S/C23H25FN4O/c24-20-12-10-18(11-13-20)14-15-28(21-8-4-5-9-21)23(29)22-17-27(26-25-22)16-19-6-2-1-3-7-19/h1-3,6-7,10-13,17,21H,4-5,8-9,14-16H2. The predicted molar refractivity (Wildman–Crippen MR) is 109 cm³/mol. The van der Waals surface area contributed by atoms with Gasteiger partial charge in [0.15, 0.2) is 5.69 Å².